The molecule has 3 aromatic rings. The van der Waals surface area contributed by atoms with E-state index in [1.165, 1.54) is 19.2 Å². The molecule has 3 rings (SSSR count). The van der Waals surface area contributed by atoms with Crippen LogP contribution in [0.2, 0.25) is 0 Å². The molecule has 2 atom stereocenters. The lowest BCUT2D eigenvalue weighted by molar-refractivity contribution is -0.387. The van der Waals surface area contributed by atoms with E-state index in [0.717, 1.165) is 23.3 Å². The van der Waals surface area contributed by atoms with Crippen LogP contribution in [0, 0.1) is 16.0 Å². The van der Waals surface area contributed by atoms with E-state index in [-0.39, 0.29) is 13.0 Å². The van der Waals surface area contributed by atoms with Crippen molar-refractivity contribution in [3.8, 4) is 5.75 Å². The van der Waals surface area contributed by atoms with E-state index >= 15 is 0 Å². The van der Waals surface area contributed by atoms with Gasteiger partial charge in [-0.15, -0.1) is 0 Å². The van der Waals surface area contributed by atoms with Gasteiger partial charge in [-0.1, -0.05) is 54.6 Å². The first-order valence-electron chi connectivity index (χ1n) is 11.6. The van der Waals surface area contributed by atoms with Crippen LogP contribution in [0.1, 0.15) is 17.5 Å². The molecule has 0 aliphatic carbocycles. The Morgan fingerprint density at radius 3 is 2.38 bits per heavy atom. The summed E-state index contributed by atoms with van der Waals surface area (Å²) in [5.41, 5.74) is 1.06. The van der Waals surface area contributed by atoms with Crippen LogP contribution >= 0.6 is 0 Å². The van der Waals surface area contributed by atoms with Crippen LogP contribution in [-0.4, -0.2) is 44.1 Å². The Labute approximate surface area is 215 Å². The average molecular weight is 528 g/mol. The number of carbonyl (C=O) groups excluding carboxylic acids is 1. The zero-order valence-corrected chi connectivity index (χ0v) is 21.1. The second-order valence-electron chi connectivity index (χ2n) is 8.36. The molecule has 0 radical (unpaired) electrons. The van der Waals surface area contributed by atoms with Crippen molar-refractivity contribution in [3.63, 3.8) is 0 Å². The Balaban J connectivity index is 1.87. The van der Waals surface area contributed by atoms with Crippen LogP contribution < -0.4 is 14.8 Å². The monoisotopic (exact) mass is 527 g/mol. The highest BCUT2D eigenvalue weighted by molar-refractivity contribution is 7.89. The highest BCUT2D eigenvalue weighted by Crippen LogP contribution is 2.24. The van der Waals surface area contributed by atoms with Gasteiger partial charge >= 0.3 is 0 Å². The summed E-state index contributed by atoms with van der Waals surface area (Å²) in [6, 6.07) is 19.9. The minimum atomic E-state index is -4.50. The lowest BCUT2D eigenvalue weighted by Gasteiger charge is -2.26. The van der Waals surface area contributed by atoms with Crippen LogP contribution in [0.15, 0.2) is 83.8 Å². The Bertz CT molecular complexity index is 1320. The van der Waals surface area contributed by atoms with Gasteiger partial charge in [-0.3, -0.25) is 14.9 Å². The summed E-state index contributed by atoms with van der Waals surface area (Å²) in [5, 5.41) is 24.3. The van der Waals surface area contributed by atoms with E-state index in [2.05, 4.69) is 10.0 Å². The van der Waals surface area contributed by atoms with Gasteiger partial charge in [0.25, 0.3) is 5.69 Å². The van der Waals surface area contributed by atoms with Crippen molar-refractivity contribution in [2.75, 3.05) is 13.7 Å². The number of ether oxygens (including phenoxy) is 1. The summed E-state index contributed by atoms with van der Waals surface area (Å²) >= 11 is 0. The quantitative estimate of drug-likeness (QED) is 0.229. The Morgan fingerprint density at radius 2 is 1.70 bits per heavy atom. The molecule has 0 aliphatic heterocycles. The number of nitrogens with zero attached hydrogens (tertiary/aromatic N) is 1. The molecule has 0 heterocycles. The van der Waals surface area contributed by atoms with Gasteiger partial charge in [0.05, 0.1) is 12.0 Å². The molecule has 10 nitrogen and oxygen atoms in total. The Hall–Kier alpha value is -3.80. The van der Waals surface area contributed by atoms with Gasteiger partial charge in [0.1, 0.15) is 11.8 Å². The lowest BCUT2D eigenvalue weighted by atomic mass is 9.93. The maximum absolute atomic E-state index is 13.3. The number of nitro groups is 1. The number of benzene rings is 3. The molecule has 0 saturated heterocycles. The smallest absolute Gasteiger partial charge is 0.289 e. The van der Waals surface area contributed by atoms with Gasteiger partial charge in [-0.25, -0.2) is 8.42 Å². The molecule has 1 amide bonds. The van der Waals surface area contributed by atoms with Crippen molar-refractivity contribution in [2.45, 2.75) is 30.3 Å². The summed E-state index contributed by atoms with van der Waals surface area (Å²) in [6.07, 6.45) is 0.774. The summed E-state index contributed by atoms with van der Waals surface area (Å²) in [4.78, 5) is 23.4. The van der Waals surface area contributed by atoms with E-state index in [1.54, 1.807) is 24.3 Å². The SMILES string of the molecule is COc1cccc(CNC(=O)C(NS(=O)(=O)c2ccccc2[N+](=O)[O-])[C@@H](CO)CCc2ccccc2)c1. The highest BCUT2D eigenvalue weighted by Gasteiger charge is 2.35. The second kappa shape index (κ2) is 12.9. The molecule has 11 heteroatoms. The van der Waals surface area contributed by atoms with Crippen LogP contribution in [0.4, 0.5) is 5.69 Å². The van der Waals surface area contributed by atoms with Gasteiger partial charge in [0.2, 0.25) is 15.9 Å². The number of carbonyl (C=O) groups is 1. The molecule has 0 saturated carbocycles. The maximum Gasteiger partial charge on any atom is 0.289 e. The lowest BCUT2D eigenvalue weighted by Crippen LogP contribution is -2.51. The number of aliphatic hydroxyl groups is 1. The van der Waals surface area contributed by atoms with Gasteiger partial charge in [-0.05, 0) is 42.2 Å². The van der Waals surface area contributed by atoms with Crippen molar-refractivity contribution in [2.24, 2.45) is 5.92 Å². The van der Waals surface area contributed by atoms with Crippen molar-refractivity contribution < 1.29 is 28.0 Å². The fourth-order valence-corrected chi connectivity index (χ4v) is 5.31. The number of rotatable bonds is 13. The molecule has 3 aromatic carbocycles. The maximum atomic E-state index is 13.3. The molecule has 196 valence electrons. The molecule has 0 bridgehead atoms. The summed E-state index contributed by atoms with van der Waals surface area (Å²) in [7, 11) is -2.98. The van der Waals surface area contributed by atoms with Crippen LogP contribution in [0.3, 0.4) is 0 Å². The Morgan fingerprint density at radius 1 is 1.03 bits per heavy atom. The Kier molecular flexibility index (Phi) is 9.72. The minimum Gasteiger partial charge on any atom is -0.497 e. The number of aliphatic hydroxyl groups excluding tert-OH is 1. The molecule has 1 unspecified atom stereocenters. The zero-order valence-electron chi connectivity index (χ0n) is 20.2. The van der Waals surface area contributed by atoms with Crippen molar-refractivity contribution in [1.29, 1.82) is 0 Å². The number of methoxy groups -OCH3 is 1. The van der Waals surface area contributed by atoms with E-state index in [0.29, 0.717) is 12.2 Å². The van der Waals surface area contributed by atoms with Crippen LogP contribution in [-0.2, 0) is 27.8 Å². The van der Waals surface area contributed by atoms with E-state index in [1.807, 2.05) is 30.3 Å². The largest absolute Gasteiger partial charge is 0.497 e. The van der Waals surface area contributed by atoms with E-state index < -0.39 is 50.0 Å². The van der Waals surface area contributed by atoms with Gasteiger partial charge in [0.15, 0.2) is 4.90 Å². The van der Waals surface area contributed by atoms with Gasteiger partial charge in [-0.2, -0.15) is 4.72 Å². The predicted molar refractivity (Wildman–Crippen MR) is 137 cm³/mol. The number of nitro benzene ring substituents is 1. The van der Waals surface area contributed by atoms with E-state index in [4.69, 9.17) is 4.74 Å². The fourth-order valence-electron chi connectivity index (χ4n) is 3.87. The number of aryl methyl sites for hydroxylation is 1. The van der Waals surface area contributed by atoms with E-state index in [9.17, 15) is 28.4 Å². The molecule has 0 spiro atoms. The van der Waals surface area contributed by atoms with Gasteiger partial charge in [0, 0.05) is 25.1 Å². The first kappa shape index (κ1) is 27.8. The molecule has 0 aliphatic rings. The van der Waals surface area contributed by atoms with Crippen molar-refractivity contribution in [1.82, 2.24) is 10.0 Å². The van der Waals surface area contributed by atoms with Gasteiger partial charge < -0.3 is 15.2 Å². The third-order valence-electron chi connectivity index (χ3n) is 5.87. The first-order chi connectivity index (χ1) is 17.7. The second-order valence-corrected chi connectivity index (χ2v) is 10.0. The zero-order chi connectivity index (χ0) is 26.8. The number of amides is 1. The number of para-hydroxylation sites is 1. The first-order valence-corrected chi connectivity index (χ1v) is 13.0. The summed E-state index contributed by atoms with van der Waals surface area (Å²) < 4.78 is 34.0. The minimum absolute atomic E-state index is 0.0799. The molecule has 3 N–H and O–H groups in total. The topological polar surface area (TPSA) is 148 Å². The molecule has 37 heavy (non-hydrogen) atoms. The molecular weight excluding hydrogens is 498 g/mol. The molecule has 0 fully saturated rings. The number of hydrogen-bond donors (Lipinski definition) is 3. The third-order valence-corrected chi connectivity index (χ3v) is 7.36. The van der Waals surface area contributed by atoms with Crippen molar-refractivity contribution >= 4 is 21.6 Å². The fraction of sp³-hybridized carbons (Fsp3) is 0.269. The normalized spacial score (nSPS) is 12.9. The molecular formula is C26H29N3O7S. The molecule has 0 aromatic heterocycles. The van der Waals surface area contributed by atoms with Crippen LogP contribution in [0.5, 0.6) is 5.75 Å². The third kappa shape index (κ3) is 7.59. The average Bonchev–Trinajstić information content (AvgIpc) is 2.92. The number of sulfonamides is 1. The van der Waals surface area contributed by atoms with Crippen LogP contribution in [0.25, 0.3) is 0 Å². The highest BCUT2D eigenvalue weighted by atomic mass is 32.2. The predicted octanol–water partition coefficient (Wildman–Crippen LogP) is 2.81. The summed E-state index contributed by atoms with van der Waals surface area (Å²) in [6.45, 7) is -0.403. The summed E-state index contributed by atoms with van der Waals surface area (Å²) in [5.74, 6) is -0.878. The standard InChI is InChI=1S/C26H29N3O7S/c1-36-22-11-7-10-20(16-22)17-27-26(31)25(21(18-30)15-14-19-8-3-2-4-9-19)28-37(34,35)24-13-6-5-12-23(24)29(32)33/h2-13,16,21,25,28,30H,14-15,17-18H2,1H3,(H,27,31)/t21-,25?/m1/s1. The number of hydrogen-bond acceptors (Lipinski definition) is 7. The number of nitrogens with one attached hydrogen (secondary N) is 2. The van der Waals surface area contributed by atoms with Crippen molar-refractivity contribution in [3.05, 3.63) is 100 Å².